The molecule has 0 aliphatic heterocycles. The van der Waals surface area contributed by atoms with Gasteiger partial charge in [-0.1, -0.05) is 29.8 Å². The van der Waals surface area contributed by atoms with Crippen molar-refractivity contribution in [1.82, 2.24) is 10.0 Å². The molecule has 9 heteroatoms. The van der Waals surface area contributed by atoms with Gasteiger partial charge in [0.25, 0.3) is 0 Å². The highest BCUT2D eigenvalue weighted by Gasteiger charge is 2.15. The van der Waals surface area contributed by atoms with Gasteiger partial charge in [-0.3, -0.25) is 14.4 Å². The molecule has 0 saturated heterocycles. The van der Waals surface area contributed by atoms with Crippen LogP contribution in [0.5, 0.6) is 0 Å². The zero-order valence-electron chi connectivity index (χ0n) is 15.5. The predicted molar refractivity (Wildman–Crippen MR) is 104 cm³/mol. The van der Waals surface area contributed by atoms with E-state index in [2.05, 4.69) is 15.4 Å². The number of carbonyl (C=O) groups excluding carboxylic acids is 3. The molecule has 0 radical (unpaired) electrons. The average molecular weight is 403 g/mol. The number of Topliss-reactive ketones (excluding diaryl/α,β-unsaturated/α-hetero) is 1. The summed E-state index contributed by atoms with van der Waals surface area (Å²) in [5.41, 5.74) is 1.79. The second kappa shape index (κ2) is 9.25. The number of hydrogen-bond acceptors (Lipinski definition) is 5. The number of rotatable bonds is 8. The molecule has 3 N–H and O–H groups in total. The van der Waals surface area contributed by atoms with Crippen LogP contribution in [0.4, 0.5) is 5.69 Å². The van der Waals surface area contributed by atoms with E-state index in [1.165, 1.54) is 25.1 Å². The van der Waals surface area contributed by atoms with Crippen molar-refractivity contribution in [2.45, 2.75) is 18.7 Å². The van der Waals surface area contributed by atoms with E-state index in [1.54, 1.807) is 30.3 Å². The van der Waals surface area contributed by atoms with E-state index in [-0.39, 0.29) is 17.2 Å². The quantitative estimate of drug-likeness (QED) is 0.573. The Labute approximate surface area is 163 Å². The molecule has 0 atom stereocenters. The minimum atomic E-state index is -3.82. The maximum Gasteiger partial charge on any atom is 0.243 e. The van der Waals surface area contributed by atoms with Crippen molar-refractivity contribution in [3.05, 3.63) is 59.7 Å². The number of nitrogens with one attached hydrogen (secondary N) is 3. The third-order valence-corrected chi connectivity index (χ3v) is 5.17. The largest absolute Gasteiger partial charge is 0.346 e. The first-order valence-electron chi connectivity index (χ1n) is 8.41. The van der Waals surface area contributed by atoms with Crippen LogP contribution in [0, 0.1) is 6.92 Å². The van der Waals surface area contributed by atoms with Crippen molar-refractivity contribution < 1.29 is 22.8 Å². The fourth-order valence-corrected chi connectivity index (χ4v) is 3.21. The maximum absolute atomic E-state index is 12.1. The Morgan fingerprint density at radius 1 is 0.929 bits per heavy atom. The van der Waals surface area contributed by atoms with Crippen molar-refractivity contribution in [2.24, 2.45) is 0 Å². The highest BCUT2D eigenvalue weighted by atomic mass is 32.2. The molecule has 0 fully saturated rings. The molecule has 0 unspecified atom stereocenters. The summed E-state index contributed by atoms with van der Waals surface area (Å²) >= 11 is 0. The minimum absolute atomic E-state index is 0.0500. The Bertz CT molecular complexity index is 985. The van der Waals surface area contributed by atoms with Crippen molar-refractivity contribution in [3.63, 3.8) is 0 Å². The molecule has 28 heavy (non-hydrogen) atoms. The van der Waals surface area contributed by atoms with Gasteiger partial charge in [-0.05, 0) is 38.1 Å². The van der Waals surface area contributed by atoms with Gasteiger partial charge in [-0.2, -0.15) is 0 Å². The first-order chi connectivity index (χ1) is 13.2. The third-order valence-electron chi connectivity index (χ3n) is 3.75. The van der Waals surface area contributed by atoms with Crippen LogP contribution in [0.25, 0.3) is 0 Å². The summed E-state index contributed by atoms with van der Waals surface area (Å²) in [4.78, 5) is 35.1. The van der Waals surface area contributed by atoms with Gasteiger partial charge in [0.1, 0.15) is 0 Å². The predicted octanol–water partition coefficient (Wildman–Crippen LogP) is 1.23. The Kier molecular flexibility index (Phi) is 7.02. The van der Waals surface area contributed by atoms with Crippen molar-refractivity contribution in [2.75, 3.05) is 18.4 Å². The number of anilines is 1. The smallest absolute Gasteiger partial charge is 0.243 e. The Hall–Kier alpha value is -3.04. The Morgan fingerprint density at radius 3 is 2.25 bits per heavy atom. The number of benzene rings is 2. The summed E-state index contributed by atoms with van der Waals surface area (Å²) in [6.45, 7) is 2.41. The van der Waals surface area contributed by atoms with Gasteiger partial charge in [0, 0.05) is 11.3 Å². The molecule has 0 aromatic heterocycles. The van der Waals surface area contributed by atoms with Crippen molar-refractivity contribution in [3.8, 4) is 0 Å². The molecule has 0 spiro atoms. The molecule has 0 saturated carbocycles. The summed E-state index contributed by atoms with van der Waals surface area (Å²) in [6, 6.07) is 12.6. The number of amides is 2. The summed E-state index contributed by atoms with van der Waals surface area (Å²) < 4.78 is 26.4. The molecule has 2 amide bonds. The number of aryl methyl sites for hydroxylation is 1. The first kappa shape index (κ1) is 21.3. The Morgan fingerprint density at radius 2 is 1.61 bits per heavy atom. The van der Waals surface area contributed by atoms with Crippen LogP contribution >= 0.6 is 0 Å². The van der Waals surface area contributed by atoms with Gasteiger partial charge < -0.3 is 10.6 Å². The lowest BCUT2D eigenvalue weighted by Crippen LogP contribution is -2.40. The molecular formula is C19H21N3O5S. The molecule has 8 nitrogen and oxygen atoms in total. The third kappa shape index (κ3) is 6.29. The number of hydrogen-bond donors (Lipinski definition) is 3. The number of ketones is 1. The Balaban J connectivity index is 1.82. The van der Waals surface area contributed by atoms with Crippen molar-refractivity contribution in [1.29, 1.82) is 0 Å². The van der Waals surface area contributed by atoms with Crippen LogP contribution in [-0.4, -0.2) is 39.1 Å². The second-order valence-corrected chi connectivity index (χ2v) is 7.87. The lowest BCUT2D eigenvalue weighted by atomic mass is 10.1. The summed E-state index contributed by atoms with van der Waals surface area (Å²) in [7, 11) is -3.82. The summed E-state index contributed by atoms with van der Waals surface area (Å²) in [6.07, 6.45) is 0. The number of sulfonamides is 1. The van der Waals surface area contributed by atoms with Crippen LogP contribution in [0.3, 0.4) is 0 Å². The molecule has 0 heterocycles. The van der Waals surface area contributed by atoms with Gasteiger partial charge in [0.2, 0.25) is 21.8 Å². The van der Waals surface area contributed by atoms with Crippen LogP contribution in [0.2, 0.25) is 0 Å². The standard InChI is InChI=1S/C19H21N3O5S/c1-13-6-8-17(9-7-13)28(26,27)21-12-18(24)20-11-19(25)22-16-5-3-4-15(10-16)14(2)23/h3-10,21H,11-12H2,1-2H3,(H,20,24)(H,22,25). The van der Waals surface area contributed by atoms with E-state index in [9.17, 15) is 22.8 Å². The van der Waals surface area contributed by atoms with Gasteiger partial charge >= 0.3 is 0 Å². The minimum Gasteiger partial charge on any atom is -0.346 e. The normalized spacial score (nSPS) is 10.9. The van der Waals surface area contributed by atoms with Crippen LogP contribution in [0.1, 0.15) is 22.8 Å². The maximum atomic E-state index is 12.1. The van der Waals surface area contributed by atoms with E-state index in [0.717, 1.165) is 5.56 Å². The van der Waals surface area contributed by atoms with Gasteiger partial charge in [-0.25, -0.2) is 13.1 Å². The van der Waals surface area contributed by atoms with Gasteiger partial charge in [0.15, 0.2) is 5.78 Å². The monoisotopic (exact) mass is 403 g/mol. The zero-order valence-corrected chi connectivity index (χ0v) is 16.3. The molecular weight excluding hydrogens is 382 g/mol. The average Bonchev–Trinajstić information content (AvgIpc) is 2.65. The van der Waals surface area contributed by atoms with E-state index in [4.69, 9.17) is 0 Å². The first-order valence-corrected chi connectivity index (χ1v) is 9.89. The van der Waals surface area contributed by atoms with Crippen molar-refractivity contribution >= 4 is 33.3 Å². The van der Waals surface area contributed by atoms with Gasteiger partial charge in [-0.15, -0.1) is 0 Å². The van der Waals surface area contributed by atoms with Crippen LogP contribution in [0.15, 0.2) is 53.4 Å². The fraction of sp³-hybridized carbons (Fsp3) is 0.211. The summed E-state index contributed by atoms with van der Waals surface area (Å²) in [5.74, 6) is -1.29. The molecule has 2 aromatic carbocycles. The molecule has 148 valence electrons. The second-order valence-electron chi connectivity index (χ2n) is 6.10. The van der Waals surface area contributed by atoms with E-state index >= 15 is 0 Å². The molecule has 2 rings (SSSR count). The highest BCUT2D eigenvalue weighted by molar-refractivity contribution is 7.89. The van der Waals surface area contributed by atoms with E-state index in [0.29, 0.717) is 11.3 Å². The molecule has 0 aliphatic carbocycles. The SMILES string of the molecule is CC(=O)c1cccc(NC(=O)CNC(=O)CNS(=O)(=O)c2ccc(C)cc2)c1. The number of carbonyl (C=O) groups is 3. The fourth-order valence-electron chi connectivity index (χ4n) is 2.22. The zero-order chi connectivity index (χ0) is 20.7. The van der Waals surface area contributed by atoms with E-state index < -0.39 is 28.4 Å². The molecule has 0 aliphatic rings. The molecule has 2 aromatic rings. The van der Waals surface area contributed by atoms with Crippen LogP contribution in [-0.2, 0) is 19.6 Å². The summed E-state index contributed by atoms with van der Waals surface area (Å²) in [5, 5.41) is 4.88. The topological polar surface area (TPSA) is 121 Å². The van der Waals surface area contributed by atoms with Gasteiger partial charge in [0.05, 0.1) is 18.0 Å². The molecule has 0 bridgehead atoms. The lowest BCUT2D eigenvalue weighted by Gasteiger charge is -2.09. The lowest BCUT2D eigenvalue weighted by molar-refractivity contribution is -0.123. The van der Waals surface area contributed by atoms with E-state index in [1.807, 2.05) is 6.92 Å². The highest BCUT2D eigenvalue weighted by Crippen LogP contribution is 2.11. The van der Waals surface area contributed by atoms with Crippen LogP contribution < -0.4 is 15.4 Å².